The molecule has 2 saturated heterocycles. The minimum Gasteiger partial charge on any atom is -0.378 e. The molecule has 2 amide bonds. The number of morpholine rings is 1. The zero-order valence-corrected chi connectivity index (χ0v) is 13.2. The molecule has 7 nitrogen and oxygen atoms in total. The fraction of sp³-hybridized carbons (Fsp3) is 0.562. The summed E-state index contributed by atoms with van der Waals surface area (Å²) in [5, 5.41) is 0. The van der Waals surface area contributed by atoms with Crippen LogP contribution >= 0.6 is 0 Å². The van der Waals surface area contributed by atoms with Crippen molar-refractivity contribution >= 4 is 11.8 Å². The molecule has 0 saturated carbocycles. The van der Waals surface area contributed by atoms with Gasteiger partial charge in [-0.05, 0) is 11.6 Å². The Kier molecular flexibility index (Phi) is 5.19. The highest BCUT2D eigenvalue weighted by atomic mass is 16.5. The number of aromatic nitrogens is 1. The van der Waals surface area contributed by atoms with Crippen molar-refractivity contribution in [3.05, 3.63) is 30.1 Å². The van der Waals surface area contributed by atoms with Gasteiger partial charge in [-0.15, -0.1) is 0 Å². The third-order valence-electron chi connectivity index (χ3n) is 4.27. The first-order chi connectivity index (χ1) is 11.2. The Labute approximate surface area is 135 Å². The van der Waals surface area contributed by atoms with Crippen LogP contribution in [-0.2, 0) is 20.9 Å². The lowest BCUT2D eigenvalue weighted by Crippen LogP contribution is -2.54. The Bertz CT molecular complexity index is 538. The number of nitrogens with zero attached hydrogens (tertiary/aromatic N) is 4. The second kappa shape index (κ2) is 7.52. The summed E-state index contributed by atoms with van der Waals surface area (Å²) < 4.78 is 5.22. The largest absolute Gasteiger partial charge is 0.378 e. The van der Waals surface area contributed by atoms with Crippen LogP contribution in [0, 0.1) is 0 Å². The van der Waals surface area contributed by atoms with Crippen LogP contribution < -0.4 is 0 Å². The van der Waals surface area contributed by atoms with Crippen LogP contribution in [-0.4, -0.2) is 84.0 Å². The minimum atomic E-state index is -0.394. The van der Waals surface area contributed by atoms with Gasteiger partial charge in [-0.1, -0.05) is 6.07 Å². The average molecular weight is 318 g/mol. The molecule has 0 radical (unpaired) electrons. The molecule has 1 aromatic rings. The van der Waals surface area contributed by atoms with Crippen molar-refractivity contribution in [2.45, 2.75) is 6.54 Å². The predicted molar refractivity (Wildman–Crippen MR) is 83.5 cm³/mol. The Balaban J connectivity index is 1.48. The molecule has 3 rings (SSSR count). The summed E-state index contributed by atoms with van der Waals surface area (Å²) >= 11 is 0. The van der Waals surface area contributed by atoms with Gasteiger partial charge in [0, 0.05) is 58.2 Å². The summed E-state index contributed by atoms with van der Waals surface area (Å²) in [6.07, 6.45) is 3.62. The number of ether oxygens (including phenoxy) is 1. The number of pyridine rings is 1. The highest BCUT2D eigenvalue weighted by molar-refractivity contribution is 6.34. The van der Waals surface area contributed by atoms with Crippen molar-refractivity contribution in [2.75, 3.05) is 52.5 Å². The molecule has 23 heavy (non-hydrogen) atoms. The number of carbonyl (C=O) groups excluding carboxylic acids is 2. The van der Waals surface area contributed by atoms with E-state index in [1.54, 1.807) is 16.0 Å². The molecular weight excluding hydrogens is 296 g/mol. The van der Waals surface area contributed by atoms with E-state index in [9.17, 15) is 9.59 Å². The molecule has 2 fully saturated rings. The number of rotatable bonds is 2. The van der Waals surface area contributed by atoms with Gasteiger partial charge in [0.1, 0.15) is 0 Å². The first kappa shape index (κ1) is 15.9. The second-order valence-corrected chi connectivity index (χ2v) is 5.83. The standard InChI is InChI=1S/C16H22N4O3/c21-15(16(22)20-8-10-23-11-9-20)19-6-4-18(5-7-19)13-14-2-1-3-17-12-14/h1-3,12H,4-11,13H2. The zero-order valence-electron chi connectivity index (χ0n) is 13.2. The third-order valence-corrected chi connectivity index (χ3v) is 4.27. The van der Waals surface area contributed by atoms with Gasteiger partial charge in [-0.2, -0.15) is 0 Å². The molecule has 1 aromatic heterocycles. The summed E-state index contributed by atoms with van der Waals surface area (Å²) in [5.41, 5.74) is 1.16. The zero-order chi connectivity index (χ0) is 16.1. The van der Waals surface area contributed by atoms with Gasteiger partial charge >= 0.3 is 11.8 Å². The SMILES string of the molecule is O=C(C(=O)N1CCN(Cc2cccnc2)CC1)N1CCOCC1. The normalized spacial score (nSPS) is 19.7. The van der Waals surface area contributed by atoms with Crippen molar-refractivity contribution in [3.63, 3.8) is 0 Å². The molecule has 0 aliphatic carbocycles. The van der Waals surface area contributed by atoms with Gasteiger partial charge in [0.2, 0.25) is 0 Å². The summed E-state index contributed by atoms with van der Waals surface area (Å²) in [6, 6.07) is 3.97. The van der Waals surface area contributed by atoms with Crippen LogP contribution in [0.2, 0.25) is 0 Å². The maximum absolute atomic E-state index is 12.3. The van der Waals surface area contributed by atoms with Crippen LogP contribution in [0.25, 0.3) is 0 Å². The van der Waals surface area contributed by atoms with Crippen molar-refractivity contribution < 1.29 is 14.3 Å². The highest BCUT2D eigenvalue weighted by Gasteiger charge is 2.30. The van der Waals surface area contributed by atoms with Crippen molar-refractivity contribution in [1.82, 2.24) is 19.7 Å². The summed E-state index contributed by atoms with van der Waals surface area (Å²) in [4.78, 5) is 34.2. The Hall–Kier alpha value is -1.99. The maximum Gasteiger partial charge on any atom is 0.312 e. The van der Waals surface area contributed by atoms with Gasteiger partial charge in [-0.25, -0.2) is 0 Å². The molecule has 2 aliphatic heterocycles. The van der Waals surface area contributed by atoms with E-state index in [1.165, 1.54) is 0 Å². The lowest BCUT2D eigenvalue weighted by molar-refractivity contribution is -0.155. The van der Waals surface area contributed by atoms with Gasteiger partial charge in [0.05, 0.1) is 13.2 Å². The van der Waals surface area contributed by atoms with Gasteiger partial charge in [-0.3, -0.25) is 19.5 Å². The second-order valence-electron chi connectivity index (χ2n) is 5.83. The van der Waals surface area contributed by atoms with Gasteiger partial charge < -0.3 is 14.5 Å². The lowest BCUT2D eigenvalue weighted by atomic mass is 10.2. The molecule has 0 unspecified atom stereocenters. The monoisotopic (exact) mass is 318 g/mol. The molecule has 0 N–H and O–H groups in total. The van der Waals surface area contributed by atoms with E-state index in [0.29, 0.717) is 39.4 Å². The highest BCUT2D eigenvalue weighted by Crippen LogP contribution is 2.09. The number of carbonyl (C=O) groups is 2. The number of piperazine rings is 1. The lowest BCUT2D eigenvalue weighted by Gasteiger charge is -2.35. The predicted octanol–water partition coefficient (Wildman–Crippen LogP) is -0.415. The Morgan fingerprint density at radius 3 is 2.26 bits per heavy atom. The van der Waals surface area contributed by atoms with E-state index in [-0.39, 0.29) is 5.91 Å². The van der Waals surface area contributed by atoms with Crippen molar-refractivity contribution in [1.29, 1.82) is 0 Å². The topological polar surface area (TPSA) is 66.0 Å². The third kappa shape index (κ3) is 4.05. The van der Waals surface area contributed by atoms with Crippen LogP contribution in [0.1, 0.15) is 5.56 Å². The van der Waals surface area contributed by atoms with Crippen molar-refractivity contribution in [3.8, 4) is 0 Å². The Morgan fingerprint density at radius 2 is 1.65 bits per heavy atom. The van der Waals surface area contributed by atoms with Crippen LogP contribution in [0.4, 0.5) is 0 Å². The van der Waals surface area contributed by atoms with E-state index in [4.69, 9.17) is 4.74 Å². The quantitative estimate of drug-likeness (QED) is 0.693. The molecule has 0 atom stereocenters. The number of hydrogen-bond donors (Lipinski definition) is 0. The fourth-order valence-corrected chi connectivity index (χ4v) is 2.90. The number of amides is 2. The van der Waals surface area contributed by atoms with E-state index in [1.807, 2.05) is 18.3 Å². The van der Waals surface area contributed by atoms with E-state index in [0.717, 1.165) is 25.2 Å². The van der Waals surface area contributed by atoms with Gasteiger partial charge in [0.25, 0.3) is 0 Å². The summed E-state index contributed by atoms with van der Waals surface area (Å²) in [7, 11) is 0. The van der Waals surface area contributed by atoms with Crippen molar-refractivity contribution in [2.24, 2.45) is 0 Å². The average Bonchev–Trinajstić information content (AvgIpc) is 2.63. The smallest absolute Gasteiger partial charge is 0.312 e. The molecule has 0 aromatic carbocycles. The van der Waals surface area contributed by atoms with Gasteiger partial charge in [0.15, 0.2) is 0 Å². The molecular formula is C16H22N4O3. The van der Waals surface area contributed by atoms with E-state index >= 15 is 0 Å². The van der Waals surface area contributed by atoms with E-state index < -0.39 is 5.91 Å². The maximum atomic E-state index is 12.3. The number of hydrogen-bond acceptors (Lipinski definition) is 5. The molecule has 124 valence electrons. The fourth-order valence-electron chi connectivity index (χ4n) is 2.90. The Morgan fingerprint density at radius 1 is 1.00 bits per heavy atom. The first-order valence-corrected chi connectivity index (χ1v) is 8.01. The van der Waals surface area contributed by atoms with Crippen LogP contribution in [0.5, 0.6) is 0 Å². The molecule has 7 heteroatoms. The molecule has 0 spiro atoms. The van der Waals surface area contributed by atoms with Crippen LogP contribution in [0.3, 0.4) is 0 Å². The first-order valence-electron chi connectivity index (χ1n) is 8.01. The van der Waals surface area contributed by atoms with Crippen LogP contribution in [0.15, 0.2) is 24.5 Å². The summed E-state index contributed by atoms with van der Waals surface area (Å²) in [5.74, 6) is -0.776. The molecule has 2 aliphatic rings. The minimum absolute atomic E-state index is 0.382. The summed E-state index contributed by atoms with van der Waals surface area (Å²) in [6.45, 7) is 5.60. The molecule has 3 heterocycles. The molecule has 0 bridgehead atoms. The van der Waals surface area contributed by atoms with E-state index in [2.05, 4.69) is 9.88 Å².